The van der Waals surface area contributed by atoms with Crippen molar-refractivity contribution in [3.8, 4) is 0 Å². The molecule has 2 nitrogen and oxygen atoms in total. The Morgan fingerprint density at radius 3 is 2.60 bits per heavy atom. The van der Waals surface area contributed by atoms with Gasteiger partial charge in [0.05, 0.1) is 6.61 Å². The van der Waals surface area contributed by atoms with Crippen LogP contribution in [0.25, 0.3) is 0 Å². The van der Waals surface area contributed by atoms with Crippen molar-refractivity contribution in [2.45, 2.75) is 25.9 Å². The maximum absolute atomic E-state index is 5.57. The second-order valence-electron chi connectivity index (χ2n) is 3.42. The molecule has 0 saturated carbocycles. The molecule has 84 valence electrons. The fourth-order valence-electron chi connectivity index (χ4n) is 1.25. The third-order valence-electron chi connectivity index (χ3n) is 2.10. The van der Waals surface area contributed by atoms with Crippen molar-refractivity contribution >= 4 is 11.6 Å². The maximum Gasteiger partial charge on any atom is 0.0933 e. The van der Waals surface area contributed by atoms with Crippen LogP contribution in [0.2, 0.25) is 0 Å². The number of rotatable bonds is 8. The lowest BCUT2D eigenvalue weighted by Crippen LogP contribution is -2.15. The van der Waals surface area contributed by atoms with E-state index in [0.29, 0.717) is 6.61 Å². The summed E-state index contributed by atoms with van der Waals surface area (Å²) in [6.07, 6.45) is 3.36. The summed E-state index contributed by atoms with van der Waals surface area (Å²) in [5, 5.41) is 0. The molecule has 0 heterocycles. The van der Waals surface area contributed by atoms with E-state index in [2.05, 4.69) is 17.6 Å². The number of hydroxylamine groups is 1. The minimum atomic E-state index is 0.621. The van der Waals surface area contributed by atoms with Crippen LogP contribution in [0.3, 0.4) is 0 Å². The molecule has 3 heteroatoms. The first-order chi connectivity index (χ1) is 7.43. The monoisotopic (exact) mass is 227 g/mol. The van der Waals surface area contributed by atoms with Gasteiger partial charge in [0.25, 0.3) is 0 Å². The average molecular weight is 228 g/mol. The summed E-state index contributed by atoms with van der Waals surface area (Å²) in [6, 6.07) is 10.1. The van der Waals surface area contributed by atoms with Crippen molar-refractivity contribution < 1.29 is 4.84 Å². The molecule has 1 N–H and O–H groups in total. The van der Waals surface area contributed by atoms with Gasteiger partial charge in [0.1, 0.15) is 0 Å². The van der Waals surface area contributed by atoms with Crippen LogP contribution in [0, 0.1) is 0 Å². The summed E-state index contributed by atoms with van der Waals surface area (Å²) >= 11 is 5.57. The molecule has 0 fully saturated rings. The quantitative estimate of drug-likeness (QED) is 0.419. The zero-order chi connectivity index (χ0) is 10.8. The van der Waals surface area contributed by atoms with Crippen LogP contribution in [0.5, 0.6) is 0 Å². The van der Waals surface area contributed by atoms with E-state index >= 15 is 0 Å². The molecule has 1 rings (SSSR count). The number of benzene rings is 1. The Hall–Kier alpha value is -0.570. The summed E-state index contributed by atoms with van der Waals surface area (Å²) in [6.45, 7) is 1.51. The molecule has 0 unspecified atom stereocenters. The smallest absolute Gasteiger partial charge is 0.0933 e. The lowest BCUT2D eigenvalue weighted by Gasteiger charge is -2.05. The van der Waals surface area contributed by atoms with Gasteiger partial charge in [-0.15, -0.1) is 11.6 Å². The Labute approximate surface area is 96.5 Å². The van der Waals surface area contributed by atoms with Crippen molar-refractivity contribution in [2.24, 2.45) is 0 Å². The third-order valence-corrected chi connectivity index (χ3v) is 2.36. The lowest BCUT2D eigenvalue weighted by molar-refractivity contribution is 0.0273. The largest absolute Gasteiger partial charge is 0.297 e. The molecule has 0 saturated heterocycles. The maximum atomic E-state index is 5.57. The second-order valence-corrected chi connectivity index (χ2v) is 3.80. The second kappa shape index (κ2) is 8.72. The van der Waals surface area contributed by atoms with E-state index in [4.69, 9.17) is 16.4 Å². The SMILES string of the molecule is ClCCCCCNOCc1ccccc1. The van der Waals surface area contributed by atoms with Gasteiger partial charge in [0.15, 0.2) is 0 Å². The number of alkyl halides is 1. The number of halogens is 1. The standard InChI is InChI=1S/C12H18ClNO/c13-9-5-2-6-10-14-15-11-12-7-3-1-4-8-12/h1,3-4,7-8,14H,2,5-6,9-11H2. The molecule has 0 amide bonds. The minimum Gasteiger partial charge on any atom is -0.297 e. The van der Waals surface area contributed by atoms with E-state index in [-0.39, 0.29) is 0 Å². The van der Waals surface area contributed by atoms with Crippen molar-refractivity contribution in [3.05, 3.63) is 35.9 Å². The molecule has 1 aromatic rings. The van der Waals surface area contributed by atoms with Gasteiger partial charge in [-0.3, -0.25) is 4.84 Å². The van der Waals surface area contributed by atoms with Gasteiger partial charge < -0.3 is 0 Å². The molecule has 1 aromatic carbocycles. The predicted molar refractivity (Wildman–Crippen MR) is 63.8 cm³/mol. The fourth-order valence-corrected chi connectivity index (χ4v) is 1.44. The van der Waals surface area contributed by atoms with E-state index in [1.807, 2.05) is 18.2 Å². The van der Waals surface area contributed by atoms with Crippen LogP contribution >= 0.6 is 11.6 Å². The predicted octanol–water partition coefficient (Wildman–Crippen LogP) is 3.12. The van der Waals surface area contributed by atoms with E-state index in [0.717, 1.165) is 31.7 Å². The van der Waals surface area contributed by atoms with Gasteiger partial charge in [-0.1, -0.05) is 36.8 Å². The summed E-state index contributed by atoms with van der Waals surface area (Å²) in [5.74, 6) is 0.755. The van der Waals surface area contributed by atoms with Gasteiger partial charge in [-0.05, 0) is 18.4 Å². The van der Waals surface area contributed by atoms with Crippen molar-refractivity contribution in [1.82, 2.24) is 5.48 Å². The molecule has 0 aliphatic rings. The summed E-state index contributed by atoms with van der Waals surface area (Å²) < 4.78 is 0. The lowest BCUT2D eigenvalue weighted by atomic mass is 10.2. The van der Waals surface area contributed by atoms with Gasteiger partial charge in [0.2, 0.25) is 0 Å². The first-order valence-corrected chi connectivity index (χ1v) is 5.91. The highest BCUT2D eigenvalue weighted by atomic mass is 35.5. The molecule has 0 aromatic heterocycles. The van der Waals surface area contributed by atoms with Gasteiger partial charge in [-0.2, -0.15) is 0 Å². The normalized spacial score (nSPS) is 10.5. The molecule has 15 heavy (non-hydrogen) atoms. The number of hydrogen-bond donors (Lipinski definition) is 1. The van der Waals surface area contributed by atoms with Crippen LogP contribution in [0.15, 0.2) is 30.3 Å². The molecule has 0 atom stereocenters. The zero-order valence-electron chi connectivity index (χ0n) is 8.92. The highest BCUT2D eigenvalue weighted by Gasteiger charge is 1.91. The molecular weight excluding hydrogens is 210 g/mol. The van der Waals surface area contributed by atoms with Gasteiger partial charge in [0, 0.05) is 12.4 Å². The molecular formula is C12H18ClNO. The fraction of sp³-hybridized carbons (Fsp3) is 0.500. The number of hydrogen-bond acceptors (Lipinski definition) is 2. The summed E-state index contributed by atoms with van der Waals surface area (Å²) in [4.78, 5) is 5.32. The van der Waals surface area contributed by atoms with Crippen molar-refractivity contribution in [3.63, 3.8) is 0 Å². The van der Waals surface area contributed by atoms with Crippen LogP contribution in [-0.2, 0) is 11.4 Å². The molecule has 0 spiro atoms. The highest BCUT2D eigenvalue weighted by Crippen LogP contribution is 1.99. The Bertz CT molecular complexity index is 241. The first kappa shape index (κ1) is 12.5. The Balaban J connectivity index is 1.93. The molecule has 0 radical (unpaired) electrons. The van der Waals surface area contributed by atoms with Crippen LogP contribution in [0.1, 0.15) is 24.8 Å². The Kier molecular flexibility index (Phi) is 7.26. The molecule has 0 aliphatic heterocycles. The summed E-state index contributed by atoms with van der Waals surface area (Å²) in [5.41, 5.74) is 4.14. The average Bonchev–Trinajstić information content (AvgIpc) is 2.29. The van der Waals surface area contributed by atoms with Crippen molar-refractivity contribution in [1.29, 1.82) is 0 Å². The van der Waals surface area contributed by atoms with Crippen LogP contribution < -0.4 is 5.48 Å². The molecule has 0 bridgehead atoms. The number of nitrogens with one attached hydrogen (secondary N) is 1. The minimum absolute atomic E-state index is 0.621. The zero-order valence-corrected chi connectivity index (χ0v) is 9.67. The van der Waals surface area contributed by atoms with Crippen molar-refractivity contribution in [2.75, 3.05) is 12.4 Å². The third kappa shape index (κ3) is 6.50. The highest BCUT2D eigenvalue weighted by molar-refractivity contribution is 6.17. The first-order valence-electron chi connectivity index (χ1n) is 5.38. The molecule has 0 aliphatic carbocycles. The van der Waals surface area contributed by atoms with Crippen LogP contribution in [-0.4, -0.2) is 12.4 Å². The Morgan fingerprint density at radius 1 is 1.07 bits per heavy atom. The van der Waals surface area contributed by atoms with Gasteiger partial charge >= 0.3 is 0 Å². The topological polar surface area (TPSA) is 21.3 Å². The van der Waals surface area contributed by atoms with E-state index in [1.165, 1.54) is 5.56 Å². The van der Waals surface area contributed by atoms with E-state index in [1.54, 1.807) is 0 Å². The van der Waals surface area contributed by atoms with E-state index < -0.39 is 0 Å². The van der Waals surface area contributed by atoms with E-state index in [9.17, 15) is 0 Å². The number of unbranched alkanes of at least 4 members (excludes halogenated alkanes) is 2. The van der Waals surface area contributed by atoms with Crippen LogP contribution in [0.4, 0.5) is 0 Å². The van der Waals surface area contributed by atoms with Gasteiger partial charge in [-0.25, -0.2) is 5.48 Å². The Morgan fingerprint density at radius 2 is 1.87 bits per heavy atom. The summed E-state index contributed by atoms with van der Waals surface area (Å²) in [7, 11) is 0.